The molecule has 7 heteroatoms. The average molecular weight is 352 g/mol. The lowest BCUT2D eigenvalue weighted by Gasteiger charge is -2.07. The fourth-order valence-electron chi connectivity index (χ4n) is 2.00. The Labute approximate surface area is 144 Å². The van der Waals surface area contributed by atoms with E-state index in [1.165, 1.54) is 7.11 Å². The molecular formula is C16H15Cl2N3O2. The molecule has 2 aromatic rings. The van der Waals surface area contributed by atoms with Gasteiger partial charge >= 0.3 is 0 Å². The molecule has 0 aliphatic carbocycles. The summed E-state index contributed by atoms with van der Waals surface area (Å²) in [5.74, 6) is 0.0503. The zero-order valence-corrected chi connectivity index (χ0v) is 14.0. The van der Waals surface area contributed by atoms with E-state index in [4.69, 9.17) is 28.0 Å². The monoisotopic (exact) mass is 351 g/mol. The number of halogens is 2. The molecule has 23 heavy (non-hydrogen) atoms. The Morgan fingerprint density at radius 2 is 2.04 bits per heavy atom. The van der Waals surface area contributed by atoms with E-state index in [2.05, 4.69) is 15.1 Å². The average Bonchev–Trinajstić information content (AvgIpc) is 2.55. The van der Waals surface area contributed by atoms with Crippen molar-refractivity contribution in [2.24, 2.45) is 5.16 Å². The smallest absolute Gasteiger partial charge is 0.139 e. The second-order valence-corrected chi connectivity index (χ2v) is 5.58. The summed E-state index contributed by atoms with van der Waals surface area (Å²) in [6.07, 6.45) is 5.72. The summed E-state index contributed by atoms with van der Waals surface area (Å²) < 4.78 is 0. The van der Waals surface area contributed by atoms with Gasteiger partial charge in [-0.15, -0.1) is 0 Å². The topological polar surface area (TPSA) is 64.4 Å². The molecule has 5 nitrogen and oxygen atoms in total. The first-order valence-electron chi connectivity index (χ1n) is 6.92. The lowest BCUT2D eigenvalue weighted by molar-refractivity contribution is -0.118. The quantitative estimate of drug-likeness (QED) is 0.563. The van der Waals surface area contributed by atoms with E-state index in [1.807, 2.05) is 0 Å². The van der Waals surface area contributed by atoms with Crippen LogP contribution in [-0.2, 0) is 16.1 Å². The number of benzene rings is 1. The number of carbonyl (C=O) groups is 1. The van der Waals surface area contributed by atoms with Crippen LogP contribution in [0, 0.1) is 0 Å². The highest BCUT2D eigenvalue weighted by Crippen LogP contribution is 2.23. The number of nitrogens with zero attached hydrogens (tertiary/aromatic N) is 3. The maximum Gasteiger partial charge on any atom is 0.139 e. The van der Waals surface area contributed by atoms with E-state index < -0.39 is 0 Å². The first kappa shape index (κ1) is 17.4. The molecule has 0 fully saturated rings. The van der Waals surface area contributed by atoms with Gasteiger partial charge in [-0.3, -0.25) is 14.8 Å². The van der Waals surface area contributed by atoms with Crippen LogP contribution in [0.5, 0.6) is 0 Å². The molecule has 1 heterocycles. The van der Waals surface area contributed by atoms with Gasteiger partial charge in [-0.25, -0.2) is 0 Å². The molecule has 0 aliphatic heterocycles. The van der Waals surface area contributed by atoms with E-state index in [9.17, 15) is 4.79 Å². The van der Waals surface area contributed by atoms with Gasteiger partial charge in [0.05, 0.1) is 27.9 Å². The Balaban J connectivity index is 2.01. The van der Waals surface area contributed by atoms with Crippen molar-refractivity contribution in [2.45, 2.75) is 19.3 Å². The Morgan fingerprint density at radius 1 is 1.22 bits per heavy atom. The van der Waals surface area contributed by atoms with Crippen LogP contribution in [0.2, 0.25) is 10.0 Å². The predicted molar refractivity (Wildman–Crippen MR) is 90.0 cm³/mol. The first-order valence-corrected chi connectivity index (χ1v) is 7.67. The molecule has 1 aromatic heterocycles. The number of rotatable bonds is 7. The lowest BCUT2D eigenvalue weighted by atomic mass is 10.0. The molecule has 0 saturated carbocycles. The zero-order valence-electron chi connectivity index (χ0n) is 12.5. The number of carbonyl (C=O) groups excluding carboxylic acids is 1. The van der Waals surface area contributed by atoms with Crippen LogP contribution < -0.4 is 0 Å². The number of Topliss-reactive ketones (excluding diaryl/α,β-unsaturated/α-hetero) is 1. The van der Waals surface area contributed by atoms with Crippen LogP contribution in [0.4, 0.5) is 0 Å². The number of hydrogen-bond donors (Lipinski definition) is 0. The fraction of sp³-hybridized carbons (Fsp3) is 0.250. The first-order chi connectivity index (χ1) is 11.1. The molecule has 2 rings (SSSR count). The Kier molecular flexibility index (Phi) is 6.50. The highest BCUT2D eigenvalue weighted by atomic mass is 35.5. The molecular weight excluding hydrogens is 337 g/mol. The minimum atomic E-state index is 0.0503. The Hall–Kier alpha value is -1.98. The summed E-state index contributed by atoms with van der Waals surface area (Å²) >= 11 is 11.9. The lowest BCUT2D eigenvalue weighted by Crippen LogP contribution is -2.09. The molecule has 0 bridgehead atoms. The summed E-state index contributed by atoms with van der Waals surface area (Å²) in [5.41, 5.74) is 2.06. The summed E-state index contributed by atoms with van der Waals surface area (Å²) in [6, 6.07) is 5.18. The molecule has 0 spiro atoms. The molecule has 0 saturated heterocycles. The largest absolute Gasteiger partial charge is 0.399 e. The molecule has 0 radical (unpaired) electrons. The maximum absolute atomic E-state index is 12.1. The van der Waals surface area contributed by atoms with Crippen LogP contribution in [0.1, 0.15) is 24.1 Å². The van der Waals surface area contributed by atoms with Gasteiger partial charge in [0.1, 0.15) is 12.9 Å². The number of ketones is 1. The summed E-state index contributed by atoms with van der Waals surface area (Å²) in [4.78, 5) is 25.0. The van der Waals surface area contributed by atoms with E-state index in [1.54, 1.807) is 36.8 Å². The summed E-state index contributed by atoms with van der Waals surface area (Å²) in [6.45, 7) is 0. The summed E-state index contributed by atoms with van der Waals surface area (Å²) in [5, 5.41) is 4.87. The van der Waals surface area contributed by atoms with Crippen LogP contribution >= 0.6 is 23.2 Å². The zero-order chi connectivity index (χ0) is 16.7. The van der Waals surface area contributed by atoms with Gasteiger partial charge in [0.25, 0.3) is 0 Å². The Bertz CT molecular complexity index is 706. The molecule has 0 amide bonds. The van der Waals surface area contributed by atoms with Gasteiger partial charge < -0.3 is 4.84 Å². The minimum absolute atomic E-state index is 0.0503. The third-order valence-corrected chi connectivity index (χ3v) is 3.83. The van der Waals surface area contributed by atoms with Crippen molar-refractivity contribution in [2.75, 3.05) is 7.11 Å². The number of aromatic nitrogens is 2. The van der Waals surface area contributed by atoms with Crippen molar-refractivity contribution >= 4 is 34.7 Å². The van der Waals surface area contributed by atoms with Gasteiger partial charge in [0.2, 0.25) is 0 Å². The molecule has 0 unspecified atom stereocenters. The van der Waals surface area contributed by atoms with E-state index in [0.717, 1.165) is 5.56 Å². The van der Waals surface area contributed by atoms with Crippen molar-refractivity contribution in [3.8, 4) is 0 Å². The van der Waals surface area contributed by atoms with Gasteiger partial charge in [0, 0.05) is 37.0 Å². The predicted octanol–water partition coefficient (Wildman–Crippen LogP) is 3.73. The van der Waals surface area contributed by atoms with Crippen LogP contribution in [0.15, 0.2) is 41.9 Å². The van der Waals surface area contributed by atoms with E-state index in [-0.39, 0.29) is 12.2 Å². The van der Waals surface area contributed by atoms with E-state index in [0.29, 0.717) is 34.3 Å². The Morgan fingerprint density at radius 3 is 2.70 bits per heavy atom. The summed E-state index contributed by atoms with van der Waals surface area (Å²) in [7, 11) is 1.46. The van der Waals surface area contributed by atoms with Gasteiger partial charge in [0.15, 0.2) is 0 Å². The minimum Gasteiger partial charge on any atom is -0.399 e. The number of oxime groups is 1. The van der Waals surface area contributed by atoms with Gasteiger partial charge in [-0.1, -0.05) is 34.4 Å². The number of hydrogen-bond acceptors (Lipinski definition) is 5. The van der Waals surface area contributed by atoms with Crippen molar-refractivity contribution in [1.29, 1.82) is 0 Å². The van der Waals surface area contributed by atoms with Crippen molar-refractivity contribution < 1.29 is 9.63 Å². The molecule has 0 atom stereocenters. The molecule has 0 N–H and O–H groups in total. The van der Waals surface area contributed by atoms with Crippen molar-refractivity contribution in [3.05, 3.63) is 58.1 Å². The molecule has 0 aliphatic rings. The van der Waals surface area contributed by atoms with Gasteiger partial charge in [-0.2, -0.15) is 0 Å². The van der Waals surface area contributed by atoms with E-state index >= 15 is 0 Å². The normalized spacial score (nSPS) is 11.3. The molecule has 1 aromatic carbocycles. The third-order valence-electron chi connectivity index (χ3n) is 3.09. The molecule has 120 valence electrons. The highest BCUT2D eigenvalue weighted by Gasteiger charge is 2.11. The van der Waals surface area contributed by atoms with Crippen molar-refractivity contribution in [1.82, 2.24) is 9.97 Å². The fourth-order valence-corrected chi connectivity index (χ4v) is 2.30. The third kappa shape index (κ3) is 5.30. The highest BCUT2D eigenvalue weighted by molar-refractivity contribution is 6.42. The maximum atomic E-state index is 12.1. The van der Waals surface area contributed by atoms with Crippen LogP contribution in [0.3, 0.4) is 0 Å². The van der Waals surface area contributed by atoms with Crippen LogP contribution in [-0.4, -0.2) is 28.6 Å². The van der Waals surface area contributed by atoms with Gasteiger partial charge in [-0.05, 0) is 12.1 Å². The second-order valence-electron chi connectivity index (χ2n) is 4.76. The second kappa shape index (κ2) is 8.60. The SMILES string of the molecule is CO/N=C(\CCC(=O)Cc1cnccn1)c1ccc(Cl)c(Cl)c1. The standard InChI is InChI=1S/C16H15Cl2N3O2/c1-23-21-16(11-2-4-14(17)15(18)8-11)5-3-13(22)9-12-10-19-6-7-20-12/h2,4,6-8,10H,3,5,9H2,1H3/b21-16+. The van der Waals surface area contributed by atoms with Crippen LogP contribution in [0.25, 0.3) is 0 Å². The van der Waals surface area contributed by atoms with Crippen molar-refractivity contribution in [3.63, 3.8) is 0 Å².